The van der Waals surface area contributed by atoms with Crippen molar-refractivity contribution >= 4 is 33.6 Å². The molecule has 29 heavy (non-hydrogen) atoms. The van der Waals surface area contributed by atoms with Crippen molar-refractivity contribution in [3.05, 3.63) is 76.5 Å². The van der Waals surface area contributed by atoms with Crippen LogP contribution in [0.25, 0.3) is 21.8 Å². The molecule has 2 N–H and O–H groups in total. The highest BCUT2D eigenvalue weighted by Gasteiger charge is 2.11. The first kappa shape index (κ1) is 18.9. The van der Waals surface area contributed by atoms with Crippen LogP contribution in [0.3, 0.4) is 0 Å². The van der Waals surface area contributed by atoms with E-state index in [0.717, 1.165) is 51.3 Å². The number of anilines is 1. The van der Waals surface area contributed by atoms with Gasteiger partial charge in [-0.2, -0.15) is 0 Å². The zero-order valence-electron chi connectivity index (χ0n) is 16.8. The molecule has 0 bridgehead atoms. The monoisotopic (exact) mass is 385 g/mol. The Morgan fingerprint density at radius 2 is 1.86 bits per heavy atom. The SMILES string of the molecule is COC(=O)c1ccc(CCc2cnc3c(N)nc4cc(C)ccc4c3c2)c(C)c1. The van der Waals surface area contributed by atoms with Gasteiger partial charge >= 0.3 is 5.97 Å². The van der Waals surface area contributed by atoms with E-state index in [1.807, 2.05) is 44.3 Å². The summed E-state index contributed by atoms with van der Waals surface area (Å²) < 4.78 is 4.79. The van der Waals surface area contributed by atoms with Crippen LogP contribution in [0.4, 0.5) is 5.82 Å². The van der Waals surface area contributed by atoms with E-state index >= 15 is 0 Å². The molecule has 0 aliphatic rings. The second kappa shape index (κ2) is 7.51. The van der Waals surface area contributed by atoms with E-state index in [-0.39, 0.29) is 5.97 Å². The number of benzene rings is 2. The van der Waals surface area contributed by atoms with E-state index in [0.29, 0.717) is 11.4 Å². The number of fused-ring (bicyclic) bond motifs is 3. The van der Waals surface area contributed by atoms with Gasteiger partial charge in [0.25, 0.3) is 0 Å². The first-order valence-corrected chi connectivity index (χ1v) is 9.58. The summed E-state index contributed by atoms with van der Waals surface area (Å²) in [5.74, 6) is 0.144. The Kier molecular flexibility index (Phi) is 4.89. The van der Waals surface area contributed by atoms with E-state index in [1.165, 1.54) is 12.7 Å². The predicted molar refractivity (Wildman–Crippen MR) is 116 cm³/mol. The van der Waals surface area contributed by atoms with Crippen LogP contribution in [0.5, 0.6) is 0 Å². The van der Waals surface area contributed by atoms with Gasteiger partial charge in [0.15, 0.2) is 5.82 Å². The summed E-state index contributed by atoms with van der Waals surface area (Å²) >= 11 is 0. The number of nitrogen functional groups attached to an aromatic ring is 1. The Bertz CT molecular complexity index is 1250. The molecular formula is C24H23N3O2. The van der Waals surface area contributed by atoms with Crippen LogP contribution in [0.1, 0.15) is 32.6 Å². The normalized spacial score (nSPS) is 11.1. The number of nitrogens with two attached hydrogens (primary N) is 1. The number of nitrogens with zero attached hydrogens (tertiary/aromatic N) is 2. The maximum Gasteiger partial charge on any atom is 0.337 e. The molecule has 0 saturated carbocycles. The van der Waals surface area contributed by atoms with Gasteiger partial charge in [-0.05, 0) is 73.2 Å². The van der Waals surface area contributed by atoms with Crippen molar-refractivity contribution in [2.75, 3.05) is 12.8 Å². The average molecular weight is 385 g/mol. The third kappa shape index (κ3) is 3.63. The Balaban J connectivity index is 1.65. The molecule has 0 saturated heterocycles. The molecule has 5 nitrogen and oxygen atoms in total. The zero-order chi connectivity index (χ0) is 20.5. The molecule has 4 rings (SSSR count). The van der Waals surface area contributed by atoms with E-state index in [4.69, 9.17) is 10.5 Å². The van der Waals surface area contributed by atoms with E-state index in [9.17, 15) is 4.79 Å². The molecule has 0 amide bonds. The van der Waals surface area contributed by atoms with Crippen molar-refractivity contribution in [3.63, 3.8) is 0 Å². The maximum absolute atomic E-state index is 11.7. The quantitative estimate of drug-likeness (QED) is 0.412. The molecule has 2 heterocycles. The van der Waals surface area contributed by atoms with Gasteiger partial charge in [-0.25, -0.2) is 9.78 Å². The highest BCUT2D eigenvalue weighted by atomic mass is 16.5. The van der Waals surface area contributed by atoms with Gasteiger partial charge in [0.2, 0.25) is 0 Å². The van der Waals surface area contributed by atoms with Crippen LogP contribution in [-0.2, 0) is 17.6 Å². The van der Waals surface area contributed by atoms with E-state index in [1.54, 1.807) is 0 Å². The Morgan fingerprint density at radius 1 is 1.03 bits per heavy atom. The zero-order valence-corrected chi connectivity index (χ0v) is 16.8. The van der Waals surface area contributed by atoms with Gasteiger partial charge in [0.1, 0.15) is 5.52 Å². The average Bonchev–Trinajstić information content (AvgIpc) is 2.72. The molecule has 0 aliphatic heterocycles. The van der Waals surface area contributed by atoms with Crippen molar-refractivity contribution in [2.24, 2.45) is 0 Å². The number of carbonyl (C=O) groups excluding carboxylic acids is 1. The number of methoxy groups -OCH3 is 1. The van der Waals surface area contributed by atoms with Crippen LogP contribution in [0.2, 0.25) is 0 Å². The fourth-order valence-electron chi connectivity index (χ4n) is 3.70. The van der Waals surface area contributed by atoms with Crippen LogP contribution < -0.4 is 5.73 Å². The smallest absolute Gasteiger partial charge is 0.337 e. The lowest BCUT2D eigenvalue weighted by molar-refractivity contribution is 0.0600. The van der Waals surface area contributed by atoms with Crippen molar-refractivity contribution in [2.45, 2.75) is 26.7 Å². The van der Waals surface area contributed by atoms with Gasteiger partial charge < -0.3 is 10.5 Å². The number of aryl methyl sites for hydroxylation is 4. The molecule has 0 atom stereocenters. The van der Waals surface area contributed by atoms with E-state index in [2.05, 4.69) is 28.2 Å². The number of hydrogen-bond donors (Lipinski definition) is 1. The molecule has 2 aromatic heterocycles. The fraction of sp³-hybridized carbons (Fsp3) is 0.208. The molecule has 4 aromatic rings. The van der Waals surface area contributed by atoms with Crippen molar-refractivity contribution < 1.29 is 9.53 Å². The lowest BCUT2D eigenvalue weighted by Gasteiger charge is -2.10. The molecule has 5 heteroatoms. The molecule has 0 spiro atoms. The van der Waals surface area contributed by atoms with Crippen LogP contribution in [0, 0.1) is 13.8 Å². The first-order valence-electron chi connectivity index (χ1n) is 9.58. The standard InChI is InChI=1S/C24H23N3O2/c1-14-4-9-19-20-12-16(13-26-22(20)23(25)27-21(19)10-14)5-6-17-7-8-18(11-15(17)2)24(28)29-3/h4,7-13H,5-6H2,1-3H3,(H2,25,27). The van der Waals surface area contributed by atoms with Crippen LogP contribution in [-0.4, -0.2) is 23.0 Å². The molecule has 0 aliphatic carbocycles. The fourth-order valence-corrected chi connectivity index (χ4v) is 3.70. The van der Waals surface area contributed by atoms with Gasteiger partial charge in [-0.3, -0.25) is 4.98 Å². The molecular weight excluding hydrogens is 362 g/mol. The molecule has 0 radical (unpaired) electrons. The van der Waals surface area contributed by atoms with Gasteiger partial charge in [0.05, 0.1) is 18.2 Å². The second-order valence-electron chi connectivity index (χ2n) is 7.39. The molecule has 2 aromatic carbocycles. The highest BCUT2D eigenvalue weighted by Crippen LogP contribution is 2.28. The van der Waals surface area contributed by atoms with Crippen LogP contribution in [0.15, 0.2) is 48.7 Å². The minimum absolute atomic E-state index is 0.313. The number of ether oxygens (including phenoxy) is 1. The molecule has 0 fully saturated rings. The lowest BCUT2D eigenvalue weighted by atomic mass is 9.98. The van der Waals surface area contributed by atoms with Gasteiger partial charge in [0, 0.05) is 17.0 Å². The second-order valence-corrected chi connectivity index (χ2v) is 7.39. The summed E-state index contributed by atoms with van der Waals surface area (Å²) in [6.07, 6.45) is 3.58. The number of aromatic nitrogens is 2. The minimum atomic E-state index is -0.313. The Morgan fingerprint density at radius 3 is 2.62 bits per heavy atom. The maximum atomic E-state index is 11.7. The minimum Gasteiger partial charge on any atom is -0.465 e. The van der Waals surface area contributed by atoms with Gasteiger partial charge in [-0.1, -0.05) is 18.2 Å². The van der Waals surface area contributed by atoms with Gasteiger partial charge in [-0.15, -0.1) is 0 Å². The van der Waals surface area contributed by atoms with Crippen LogP contribution >= 0.6 is 0 Å². The Labute approximate surface area is 169 Å². The summed E-state index contributed by atoms with van der Waals surface area (Å²) in [6.45, 7) is 4.06. The summed E-state index contributed by atoms with van der Waals surface area (Å²) in [4.78, 5) is 20.8. The summed E-state index contributed by atoms with van der Waals surface area (Å²) in [5, 5.41) is 2.09. The third-order valence-electron chi connectivity index (χ3n) is 5.32. The molecule has 146 valence electrons. The number of hydrogen-bond acceptors (Lipinski definition) is 5. The van der Waals surface area contributed by atoms with Crippen molar-refractivity contribution in [1.82, 2.24) is 9.97 Å². The predicted octanol–water partition coefficient (Wildman–Crippen LogP) is 4.55. The Hall–Kier alpha value is -3.47. The summed E-state index contributed by atoms with van der Waals surface area (Å²) in [7, 11) is 1.39. The summed E-state index contributed by atoms with van der Waals surface area (Å²) in [6, 6.07) is 14.1. The lowest BCUT2D eigenvalue weighted by Crippen LogP contribution is -2.03. The number of rotatable bonds is 4. The highest BCUT2D eigenvalue weighted by molar-refractivity contribution is 6.08. The summed E-state index contributed by atoms with van der Waals surface area (Å²) in [5.41, 5.74) is 12.9. The topological polar surface area (TPSA) is 78.1 Å². The third-order valence-corrected chi connectivity index (χ3v) is 5.32. The van der Waals surface area contributed by atoms with Crippen molar-refractivity contribution in [1.29, 1.82) is 0 Å². The largest absolute Gasteiger partial charge is 0.465 e. The number of carbonyl (C=O) groups is 1. The number of pyridine rings is 2. The van der Waals surface area contributed by atoms with E-state index < -0.39 is 0 Å². The first-order chi connectivity index (χ1) is 14.0. The molecule has 0 unspecified atom stereocenters. The van der Waals surface area contributed by atoms with Crippen molar-refractivity contribution in [3.8, 4) is 0 Å². The number of esters is 1.